The SMILES string of the molecule is CNCc1nc(-c2cc(C)ccc2C)c2n1CCC2. The van der Waals surface area contributed by atoms with Gasteiger partial charge in [-0.05, 0) is 45.4 Å². The van der Waals surface area contributed by atoms with Crippen molar-refractivity contribution in [2.24, 2.45) is 0 Å². The van der Waals surface area contributed by atoms with Crippen molar-refractivity contribution in [3.05, 3.63) is 40.8 Å². The second-order valence-corrected chi connectivity index (χ2v) is 5.43. The summed E-state index contributed by atoms with van der Waals surface area (Å²) in [5, 5.41) is 3.22. The maximum absolute atomic E-state index is 4.89. The third-order valence-electron chi connectivity index (χ3n) is 3.93. The lowest BCUT2D eigenvalue weighted by Gasteiger charge is -2.06. The number of benzene rings is 1. The Morgan fingerprint density at radius 1 is 1.32 bits per heavy atom. The Hall–Kier alpha value is -1.61. The summed E-state index contributed by atoms with van der Waals surface area (Å²) in [6.07, 6.45) is 2.39. The maximum atomic E-state index is 4.89. The predicted molar refractivity (Wildman–Crippen MR) is 78.2 cm³/mol. The van der Waals surface area contributed by atoms with Crippen molar-refractivity contribution < 1.29 is 0 Å². The number of fused-ring (bicyclic) bond motifs is 1. The van der Waals surface area contributed by atoms with Gasteiger partial charge in [-0.1, -0.05) is 17.7 Å². The molecule has 19 heavy (non-hydrogen) atoms. The van der Waals surface area contributed by atoms with Crippen molar-refractivity contribution in [1.29, 1.82) is 0 Å². The molecule has 100 valence electrons. The summed E-state index contributed by atoms with van der Waals surface area (Å²) in [6.45, 7) is 6.28. The lowest BCUT2D eigenvalue weighted by Crippen LogP contribution is -2.11. The van der Waals surface area contributed by atoms with E-state index in [1.165, 1.54) is 40.3 Å². The first kappa shape index (κ1) is 12.4. The summed E-state index contributed by atoms with van der Waals surface area (Å²) in [4.78, 5) is 4.89. The van der Waals surface area contributed by atoms with Crippen LogP contribution in [-0.2, 0) is 19.5 Å². The molecule has 0 unspecified atom stereocenters. The molecule has 1 N–H and O–H groups in total. The van der Waals surface area contributed by atoms with Gasteiger partial charge in [0.2, 0.25) is 0 Å². The van der Waals surface area contributed by atoms with Crippen LogP contribution in [-0.4, -0.2) is 16.6 Å². The van der Waals surface area contributed by atoms with E-state index >= 15 is 0 Å². The average Bonchev–Trinajstić information content (AvgIpc) is 2.97. The van der Waals surface area contributed by atoms with Gasteiger partial charge in [0.05, 0.1) is 12.2 Å². The zero-order valence-electron chi connectivity index (χ0n) is 12.0. The van der Waals surface area contributed by atoms with Gasteiger partial charge in [0.25, 0.3) is 0 Å². The highest BCUT2D eigenvalue weighted by atomic mass is 15.1. The van der Waals surface area contributed by atoms with Gasteiger partial charge in [-0.25, -0.2) is 4.98 Å². The molecule has 0 radical (unpaired) electrons. The van der Waals surface area contributed by atoms with Crippen LogP contribution in [0.25, 0.3) is 11.3 Å². The standard InChI is InChI=1S/C16H21N3/c1-11-6-7-12(2)13(9-11)16-14-5-4-8-19(14)15(18-16)10-17-3/h6-7,9,17H,4-5,8,10H2,1-3H3. The number of nitrogens with zero attached hydrogens (tertiary/aromatic N) is 2. The molecule has 0 saturated heterocycles. The minimum atomic E-state index is 0.845. The molecule has 1 aromatic carbocycles. The number of imidazole rings is 1. The van der Waals surface area contributed by atoms with Crippen LogP contribution in [0, 0.1) is 13.8 Å². The van der Waals surface area contributed by atoms with Gasteiger partial charge in [0.15, 0.2) is 0 Å². The molecule has 2 aromatic rings. The first-order valence-electron chi connectivity index (χ1n) is 7.01. The van der Waals surface area contributed by atoms with Crippen LogP contribution in [0.1, 0.15) is 29.1 Å². The van der Waals surface area contributed by atoms with E-state index in [0.717, 1.165) is 19.5 Å². The molecule has 3 heteroatoms. The van der Waals surface area contributed by atoms with E-state index in [1.54, 1.807) is 0 Å². The number of nitrogens with one attached hydrogen (secondary N) is 1. The summed E-state index contributed by atoms with van der Waals surface area (Å²) >= 11 is 0. The fourth-order valence-corrected chi connectivity index (χ4v) is 2.96. The molecule has 1 aromatic heterocycles. The Balaban J connectivity index is 2.15. The van der Waals surface area contributed by atoms with Crippen molar-refractivity contribution in [2.45, 2.75) is 39.8 Å². The normalized spacial score (nSPS) is 13.8. The van der Waals surface area contributed by atoms with E-state index in [1.807, 2.05) is 7.05 Å². The monoisotopic (exact) mass is 255 g/mol. The largest absolute Gasteiger partial charge is 0.330 e. The van der Waals surface area contributed by atoms with Crippen LogP contribution in [0.2, 0.25) is 0 Å². The third-order valence-corrected chi connectivity index (χ3v) is 3.93. The van der Waals surface area contributed by atoms with Gasteiger partial charge < -0.3 is 9.88 Å². The van der Waals surface area contributed by atoms with E-state index in [4.69, 9.17) is 4.98 Å². The lowest BCUT2D eigenvalue weighted by atomic mass is 10.0. The van der Waals surface area contributed by atoms with E-state index in [9.17, 15) is 0 Å². The Bertz CT molecular complexity index is 611. The topological polar surface area (TPSA) is 29.9 Å². The Morgan fingerprint density at radius 3 is 2.95 bits per heavy atom. The summed E-state index contributed by atoms with van der Waals surface area (Å²) in [5.74, 6) is 1.17. The summed E-state index contributed by atoms with van der Waals surface area (Å²) < 4.78 is 2.40. The molecule has 3 nitrogen and oxygen atoms in total. The third kappa shape index (κ3) is 2.08. The van der Waals surface area contributed by atoms with E-state index in [0.29, 0.717) is 0 Å². The highest BCUT2D eigenvalue weighted by molar-refractivity contribution is 5.67. The molecular weight excluding hydrogens is 234 g/mol. The van der Waals surface area contributed by atoms with Crippen LogP contribution < -0.4 is 5.32 Å². The molecule has 0 aliphatic carbocycles. The predicted octanol–water partition coefficient (Wildman–Crippen LogP) is 2.83. The molecule has 0 saturated carbocycles. The Morgan fingerprint density at radius 2 is 2.16 bits per heavy atom. The van der Waals surface area contributed by atoms with Crippen LogP contribution in [0.5, 0.6) is 0 Å². The second kappa shape index (κ2) is 4.82. The highest BCUT2D eigenvalue weighted by Gasteiger charge is 2.22. The van der Waals surface area contributed by atoms with Crippen molar-refractivity contribution in [3.8, 4) is 11.3 Å². The van der Waals surface area contributed by atoms with Gasteiger partial charge in [-0.2, -0.15) is 0 Å². The number of hydrogen-bond acceptors (Lipinski definition) is 2. The van der Waals surface area contributed by atoms with E-state index in [-0.39, 0.29) is 0 Å². The summed E-state index contributed by atoms with van der Waals surface area (Å²) in [5.41, 5.74) is 6.53. The second-order valence-electron chi connectivity index (χ2n) is 5.43. The quantitative estimate of drug-likeness (QED) is 0.914. The molecular formula is C16H21N3. The van der Waals surface area contributed by atoms with Gasteiger partial charge in [-0.15, -0.1) is 0 Å². The van der Waals surface area contributed by atoms with Gasteiger partial charge >= 0.3 is 0 Å². The van der Waals surface area contributed by atoms with Crippen molar-refractivity contribution >= 4 is 0 Å². The molecule has 2 heterocycles. The minimum Gasteiger partial charge on any atom is -0.330 e. The van der Waals surface area contributed by atoms with Crippen LogP contribution in [0.4, 0.5) is 0 Å². The van der Waals surface area contributed by atoms with E-state index in [2.05, 4.69) is 41.9 Å². The smallest absolute Gasteiger partial charge is 0.123 e. The number of aryl methyl sites for hydroxylation is 2. The Labute approximate surface area is 114 Å². The van der Waals surface area contributed by atoms with Gasteiger partial charge in [0.1, 0.15) is 5.82 Å². The molecule has 0 fully saturated rings. The fourth-order valence-electron chi connectivity index (χ4n) is 2.96. The molecule has 0 amide bonds. The molecule has 0 bridgehead atoms. The lowest BCUT2D eigenvalue weighted by molar-refractivity contribution is 0.653. The molecule has 1 aliphatic rings. The zero-order valence-corrected chi connectivity index (χ0v) is 12.0. The molecule has 3 rings (SSSR count). The number of rotatable bonds is 3. The molecule has 1 aliphatic heterocycles. The van der Waals surface area contributed by atoms with E-state index < -0.39 is 0 Å². The van der Waals surface area contributed by atoms with Crippen molar-refractivity contribution in [1.82, 2.24) is 14.9 Å². The highest BCUT2D eigenvalue weighted by Crippen LogP contribution is 2.31. The first-order chi connectivity index (χ1) is 9.20. The van der Waals surface area contributed by atoms with Gasteiger partial charge in [0, 0.05) is 17.8 Å². The van der Waals surface area contributed by atoms with Crippen molar-refractivity contribution in [3.63, 3.8) is 0 Å². The number of aromatic nitrogens is 2. The van der Waals surface area contributed by atoms with Gasteiger partial charge in [-0.3, -0.25) is 0 Å². The zero-order chi connectivity index (χ0) is 13.4. The summed E-state index contributed by atoms with van der Waals surface area (Å²) in [7, 11) is 1.98. The number of hydrogen-bond donors (Lipinski definition) is 1. The molecule has 0 spiro atoms. The summed E-state index contributed by atoms with van der Waals surface area (Å²) in [6, 6.07) is 6.63. The average molecular weight is 255 g/mol. The van der Waals surface area contributed by atoms with Crippen LogP contribution in [0.15, 0.2) is 18.2 Å². The molecule has 0 atom stereocenters. The minimum absolute atomic E-state index is 0.845. The van der Waals surface area contributed by atoms with Crippen molar-refractivity contribution in [2.75, 3.05) is 7.05 Å². The Kier molecular flexibility index (Phi) is 3.15. The van der Waals surface area contributed by atoms with Crippen LogP contribution >= 0.6 is 0 Å². The fraction of sp³-hybridized carbons (Fsp3) is 0.438. The van der Waals surface area contributed by atoms with Crippen LogP contribution in [0.3, 0.4) is 0 Å². The first-order valence-corrected chi connectivity index (χ1v) is 7.01. The maximum Gasteiger partial charge on any atom is 0.123 e.